The molecule has 1 aliphatic rings. The third kappa shape index (κ3) is 3.79. The molecule has 0 unspecified atom stereocenters. The Balaban J connectivity index is 1.67. The van der Waals surface area contributed by atoms with Gasteiger partial charge in [-0.1, -0.05) is 36.4 Å². The van der Waals surface area contributed by atoms with E-state index in [4.69, 9.17) is 4.74 Å². The first-order valence-electron chi connectivity index (χ1n) is 9.78. The third-order valence-electron chi connectivity index (χ3n) is 5.20. The fraction of sp³-hybridized carbons (Fsp3) is 0.208. The Morgan fingerprint density at radius 1 is 1.13 bits per heavy atom. The Morgan fingerprint density at radius 2 is 1.87 bits per heavy atom. The second kappa shape index (κ2) is 7.91. The summed E-state index contributed by atoms with van der Waals surface area (Å²) in [6.07, 6.45) is 2.23. The van der Waals surface area contributed by atoms with Gasteiger partial charge in [-0.15, -0.1) is 0 Å². The Labute approximate surface area is 178 Å². The zero-order chi connectivity index (χ0) is 22.2. The quantitative estimate of drug-likeness (QED) is 0.546. The summed E-state index contributed by atoms with van der Waals surface area (Å²) in [5.74, 6) is -5.66. The number of alkyl halides is 2. The van der Waals surface area contributed by atoms with E-state index in [2.05, 4.69) is 4.98 Å². The molecule has 1 aliphatic heterocycles. The Kier molecular flexibility index (Phi) is 5.27. The van der Waals surface area contributed by atoms with Gasteiger partial charge in [-0.2, -0.15) is 8.78 Å². The predicted octanol–water partition coefficient (Wildman–Crippen LogP) is 4.95. The molecule has 3 aromatic rings. The summed E-state index contributed by atoms with van der Waals surface area (Å²) < 4.78 is 35.6. The van der Waals surface area contributed by atoms with Crippen molar-refractivity contribution in [1.82, 2.24) is 4.98 Å². The number of ether oxygens (including phenoxy) is 1. The Bertz CT molecular complexity index is 1150. The average Bonchev–Trinajstić information content (AvgIpc) is 2.95. The highest BCUT2D eigenvalue weighted by Gasteiger charge is 2.54. The van der Waals surface area contributed by atoms with E-state index in [0.717, 1.165) is 10.5 Å². The molecule has 158 valence electrons. The van der Waals surface area contributed by atoms with Crippen LogP contribution in [0, 0.1) is 6.92 Å². The molecule has 0 radical (unpaired) electrons. The third-order valence-corrected chi connectivity index (χ3v) is 5.20. The fourth-order valence-electron chi connectivity index (χ4n) is 3.76. The lowest BCUT2D eigenvalue weighted by molar-refractivity contribution is -0.141. The van der Waals surface area contributed by atoms with Crippen LogP contribution in [0.2, 0.25) is 0 Å². The highest BCUT2D eigenvalue weighted by atomic mass is 19.3. The highest BCUT2D eigenvalue weighted by Crippen LogP contribution is 2.48. The molecule has 0 spiro atoms. The molecule has 31 heavy (non-hydrogen) atoms. The average molecular weight is 422 g/mol. The van der Waals surface area contributed by atoms with Crippen LogP contribution in [0.1, 0.15) is 45.6 Å². The van der Waals surface area contributed by atoms with E-state index in [1.807, 2.05) is 6.92 Å². The van der Waals surface area contributed by atoms with Crippen molar-refractivity contribution in [2.75, 3.05) is 4.90 Å². The first kappa shape index (κ1) is 20.7. The van der Waals surface area contributed by atoms with E-state index in [0.29, 0.717) is 11.1 Å². The van der Waals surface area contributed by atoms with Gasteiger partial charge in [0.15, 0.2) is 0 Å². The summed E-state index contributed by atoms with van der Waals surface area (Å²) in [4.78, 5) is 30.2. The zero-order valence-corrected chi connectivity index (χ0v) is 17.0. The van der Waals surface area contributed by atoms with Crippen LogP contribution in [-0.2, 0) is 22.0 Å². The molecule has 5 nitrogen and oxygen atoms in total. The first-order valence-corrected chi connectivity index (χ1v) is 9.78. The number of halogens is 2. The van der Waals surface area contributed by atoms with E-state index in [9.17, 15) is 9.59 Å². The molecular weight excluding hydrogens is 402 g/mol. The van der Waals surface area contributed by atoms with Crippen molar-refractivity contribution in [3.8, 4) is 0 Å². The minimum Gasteiger partial charge on any atom is -0.454 e. The molecule has 1 atom stereocenters. The molecule has 0 saturated carbocycles. The number of rotatable bonds is 5. The molecule has 0 bridgehead atoms. The topological polar surface area (TPSA) is 59.5 Å². The van der Waals surface area contributed by atoms with Crippen LogP contribution < -0.4 is 4.90 Å². The first-order chi connectivity index (χ1) is 14.8. The maximum absolute atomic E-state index is 15.1. The number of benzene rings is 2. The normalized spacial score (nSPS) is 15.5. The highest BCUT2D eigenvalue weighted by molar-refractivity contribution is 6.06. The summed E-state index contributed by atoms with van der Waals surface area (Å²) in [5.41, 5.74) is 1.62. The van der Waals surface area contributed by atoms with Crippen LogP contribution in [0.3, 0.4) is 0 Å². The van der Waals surface area contributed by atoms with Gasteiger partial charge in [0, 0.05) is 18.0 Å². The Morgan fingerprint density at radius 3 is 2.58 bits per heavy atom. The maximum Gasteiger partial charge on any atom is 0.352 e. The van der Waals surface area contributed by atoms with Crippen molar-refractivity contribution < 1.29 is 23.1 Å². The number of aromatic nitrogens is 1. The number of esters is 1. The summed E-state index contributed by atoms with van der Waals surface area (Å²) in [7, 11) is 0. The lowest BCUT2D eigenvalue weighted by Gasteiger charge is -2.19. The van der Waals surface area contributed by atoms with Crippen LogP contribution >= 0.6 is 0 Å². The van der Waals surface area contributed by atoms with Gasteiger partial charge in [-0.05, 0) is 43.2 Å². The number of aryl methyl sites for hydroxylation is 1. The van der Waals surface area contributed by atoms with Gasteiger partial charge < -0.3 is 9.64 Å². The minimum atomic E-state index is -3.73. The van der Waals surface area contributed by atoms with Gasteiger partial charge in [0.25, 0.3) is 0 Å². The van der Waals surface area contributed by atoms with Crippen LogP contribution in [0.4, 0.5) is 14.5 Å². The minimum absolute atomic E-state index is 0.0300. The number of amides is 1. The SMILES string of the molecule is Cc1cncc(CN2C(=O)C(F)(F)c3c([C@H](C)OC(=O)c4ccccc4)cccc32)c1. The number of carbonyl (C=O) groups excluding carboxylic acids is 2. The number of carbonyl (C=O) groups is 2. The smallest absolute Gasteiger partial charge is 0.352 e. The van der Waals surface area contributed by atoms with Crippen molar-refractivity contribution in [3.05, 3.63) is 94.8 Å². The molecule has 2 heterocycles. The van der Waals surface area contributed by atoms with Gasteiger partial charge >= 0.3 is 17.8 Å². The van der Waals surface area contributed by atoms with Crippen molar-refractivity contribution in [1.29, 1.82) is 0 Å². The molecule has 1 amide bonds. The Hall–Kier alpha value is -3.61. The fourth-order valence-corrected chi connectivity index (χ4v) is 3.76. The maximum atomic E-state index is 15.1. The molecular formula is C24H20F2N2O3. The van der Waals surface area contributed by atoms with E-state index < -0.39 is 29.5 Å². The standard InChI is InChI=1S/C24H20F2N2O3/c1-15-11-17(13-27-12-15)14-28-20-10-6-9-19(21(20)24(25,26)23(28)30)16(2)31-22(29)18-7-4-3-5-8-18/h3-13,16H,14H2,1-2H3/t16-/m0/s1. The number of hydrogen-bond acceptors (Lipinski definition) is 4. The zero-order valence-electron chi connectivity index (χ0n) is 17.0. The summed E-state index contributed by atoms with van der Waals surface area (Å²) in [6.45, 7) is 3.33. The molecule has 1 aromatic heterocycles. The van der Waals surface area contributed by atoms with Gasteiger partial charge in [0.1, 0.15) is 6.10 Å². The second-order valence-corrected chi connectivity index (χ2v) is 7.49. The monoisotopic (exact) mass is 422 g/mol. The lowest BCUT2D eigenvalue weighted by Crippen LogP contribution is -2.34. The predicted molar refractivity (Wildman–Crippen MR) is 111 cm³/mol. The lowest BCUT2D eigenvalue weighted by atomic mass is 9.98. The van der Waals surface area contributed by atoms with E-state index in [-0.39, 0.29) is 17.8 Å². The van der Waals surface area contributed by atoms with Crippen molar-refractivity contribution >= 4 is 17.6 Å². The van der Waals surface area contributed by atoms with Crippen LogP contribution in [-0.4, -0.2) is 16.9 Å². The second-order valence-electron chi connectivity index (χ2n) is 7.49. The van der Waals surface area contributed by atoms with E-state index in [1.54, 1.807) is 54.9 Å². The van der Waals surface area contributed by atoms with Crippen LogP contribution in [0.25, 0.3) is 0 Å². The number of pyridine rings is 1. The molecule has 0 saturated heterocycles. The largest absolute Gasteiger partial charge is 0.454 e. The number of fused-ring (bicyclic) bond motifs is 1. The molecule has 4 rings (SSSR count). The number of nitrogens with zero attached hydrogens (tertiary/aromatic N) is 2. The van der Waals surface area contributed by atoms with Gasteiger partial charge in [-0.25, -0.2) is 4.79 Å². The molecule has 2 aromatic carbocycles. The number of anilines is 1. The van der Waals surface area contributed by atoms with Gasteiger partial charge in [-0.3, -0.25) is 9.78 Å². The number of hydrogen-bond donors (Lipinski definition) is 0. The van der Waals surface area contributed by atoms with Crippen molar-refractivity contribution in [3.63, 3.8) is 0 Å². The van der Waals surface area contributed by atoms with Crippen LogP contribution in [0.15, 0.2) is 67.0 Å². The van der Waals surface area contributed by atoms with E-state index >= 15 is 8.78 Å². The molecule has 0 N–H and O–H groups in total. The van der Waals surface area contributed by atoms with Crippen LogP contribution in [0.5, 0.6) is 0 Å². The summed E-state index contributed by atoms with van der Waals surface area (Å²) in [6, 6.07) is 14.6. The van der Waals surface area contributed by atoms with E-state index in [1.165, 1.54) is 19.1 Å². The molecule has 7 heteroatoms. The molecule has 0 fully saturated rings. The van der Waals surface area contributed by atoms with Gasteiger partial charge in [0.05, 0.1) is 23.4 Å². The summed E-state index contributed by atoms with van der Waals surface area (Å²) >= 11 is 0. The molecule has 0 aliphatic carbocycles. The van der Waals surface area contributed by atoms with Crippen molar-refractivity contribution in [2.24, 2.45) is 0 Å². The van der Waals surface area contributed by atoms with Crippen molar-refractivity contribution in [2.45, 2.75) is 32.4 Å². The van der Waals surface area contributed by atoms with Gasteiger partial charge in [0.2, 0.25) is 0 Å². The summed E-state index contributed by atoms with van der Waals surface area (Å²) in [5, 5.41) is 0.